The van der Waals surface area contributed by atoms with Crippen molar-refractivity contribution in [2.75, 3.05) is 13.2 Å². The highest BCUT2D eigenvalue weighted by molar-refractivity contribution is 5.71. The molecule has 0 aromatic heterocycles. The summed E-state index contributed by atoms with van der Waals surface area (Å²) in [5.41, 5.74) is 0. The van der Waals surface area contributed by atoms with Crippen molar-refractivity contribution >= 4 is 17.9 Å². The molecule has 0 heterocycles. The molecule has 0 aliphatic rings. The van der Waals surface area contributed by atoms with Gasteiger partial charge in [-0.15, -0.1) is 0 Å². The highest BCUT2D eigenvalue weighted by atomic mass is 16.6. The fourth-order valence-corrected chi connectivity index (χ4v) is 8.13. The van der Waals surface area contributed by atoms with Crippen molar-refractivity contribution in [3.05, 3.63) is 0 Å². The molecule has 0 aromatic rings. The fraction of sp³-hybridized carbons (Fsp3) is 0.944. The van der Waals surface area contributed by atoms with E-state index in [1.807, 2.05) is 0 Å². The zero-order valence-corrected chi connectivity index (χ0v) is 41.1. The molecule has 0 aliphatic heterocycles. The lowest BCUT2D eigenvalue weighted by Crippen LogP contribution is -2.30. The smallest absolute Gasteiger partial charge is 0.306 e. The third kappa shape index (κ3) is 45.9. The van der Waals surface area contributed by atoms with Gasteiger partial charge in [-0.1, -0.05) is 259 Å². The van der Waals surface area contributed by atoms with E-state index in [-0.39, 0.29) is 31.1 Å². The Bertz CT molecular complexity index is 918. The summed E-state index contributed by atoms with van der Waals surface area (Å²) in [6.45, 7) is 11.4. The third-order valence-electron chi connectivity index (χ3n) is 12.6. The lowest BCUT2D eigenvalue weighted by atomic mass is 9.99. The highest BCUT2D eigenvalue weighted by Gasteiger charge is 2.19. The van der Waals surface area contributed by atoms with Crippen LogP contribution in [0.15, 0.2) is 0 Å². The molecule has 0 aliphatic carbocycles. The molecule has 2 atom stereocenters. The summed E-state index contributed by atoms with van der Waals surface area (Å²) in [6, 6.07) is 0. The van der Waals surface area contributed by atoms with Gasteiger partial charge in [0, 0.05) is 19.3 Å². The standard InChI is InChI=1S/C54H104O6/c1-6-8-9-10-27-34-39-44-52(55)58-47-51(60-54(57)46-41-36-31-26-22-21-24-29-33-38-43-50(5)7-2)48-59-53(56)45-40-35-30-25-20-18-16-14-12-11-13-15-17-19-23-28-32-37-42-49(3)4/h49-51H,6-48H2,1-5H3/t50?,51-/m1/s1. The minimum atomic E-state index is -0.760. The van der Waals surface area contributed by atoms with Gasteiger partial charge in [-0.05, 0) is 31.1 Å². The molecule has 0 rings (SSSR count). The summed E-state index contributed by atoms with van der Waals surface area (Å²) >= 11 is 0. The number of hydrogen-bond acceptors (Lipinski definition) is 6. The first-order chi connectivity index (χ1) is 29.3. The average Bonchev–Trinajstić information content (AvgIpc) is 3.23. The van der Waals surface area contributed by atoms with E-state index in [9.17, 15) is 14.4 Å². The summed E-state index contributed by atoms with van der Waals surface area (Å²) in [6.07, 6.45) is 48.2. The topological polar surface area (TPSA) is 78.9 Å². The molecular formula is C54H104O6. The Labute approximate surface area is 374 Å². The van der Waals surface area contributed by atoms with E-state index >= 15 is 0 Å². The van der Waals surface area contributed by atoms with E-state index in [0.717, 1.165) is 69.6 Å². The van der Waals surface area contributed by atoms with Crippen LogP contribution < -0.4 is 0 Å². The predicted octanol–water partition coefficient (Wildman–Crippen LogP) is 17.3. The van der Waals surface area contributed by atoms with E-state index in [4.69, 9.17) is 14.2 Å². The Hall–Kier alpha value is -1.59. The van der Waals surface area contributed by atoms with Crippen LogP contribution in [0.2, 0.25) is 0 Å². The second-order valence-electron chi connectivity index (χ2n) is 19.2. The highest BCUT2D eigenvalue weighted by Crippen LogP contribution is 2.18. The quantitative estimate of drug-likeness (QED) is 0.0345. The number of carbonyl (C=O) groups excluding carboxylic acids is 3. The zero-order chi connectivity index (χ0) is 44.0. The Morgan fingerprint density at radius 2 is 0.633 bits per heavy atom. The van der Waals surface area contributed by atoms with Crippen molar-refractivity contribution in [3.8, 4) is 0 Å². The molecule has 0 aromatic carbocycles. The molecule has 0 spiro atoms. The number of esters is 3. The number of carbonyl (C=O) groups is 3. The van der Waals surface area contributed by atoms with E-state index in [0.29, 0.717) is 19.3 Å². The third-order valence-corrected chi connectivity index (χ3v) is 12.6. The van der Waals surface area contributed by atoms with Crippen molar-refractivity contribution in [1.82, 2.24) is 0 Å². The lowest BCUT2D eigenvalue weighted by Gasteiger charge is -2.18. The molecule has 1 unspecified atom stereocenters. The largest absolute Gasteiger partial charge is 0.462 e. The molecule has 0 N–H and O–H groups in total. The molecule has 0 saturated carbocycles. The summed E-state index contributed by atoms with van der Waals surface area (Å²) in [5, 5.41) is 0. The van der Waals surface area contributed by atoms with Crippen LogP contribution in [0, 0.1) is 11.8 Å². The maximum absolute atomic E-state index is 12.8. The van der Waals surface area contributed by atoms with Crippen molar-refractivity contribution in [3.63, 3.8) is 0 Å². The number of hydrogen-bond donors (Lipinski definition) is 0. The first kappa shape index (κ1) is 58.4. The van der Waals surface area contributed by atoms with Gasteiger partial charge in [0.05, 0.1) is 0 Å². The predicted molar refractivity (Wildman–Crippen MR) is 256 cm³/mol. The van der Waals surface area contributed by atoms with Crippen LogP contribution in [0.3, 0.4) is 0 Å². The first-order valence-electron chi connectivity index (χ1n) is 26.8. The van der Waals surface area contributed by atoms with Crippen LogP contribution in [-0.4, -0.2) is 37.2 Å². The van der Waals surface area contributed by atoms with Gasteiger partial charge in [0.2, 0.25) is 0 Å². The van der Waals surface area contributed by atoms with E-state index in [2.05, 4.69) is 34.6 Å². The molecule has 6 nitrogen and oxygen atoms in total. The van der Waals surface area contributed by atoms with E-state index in [1.165, 1.54) is 186 Å². The second-order valence-corrected chi connectivity index (χ2v) is 19.2. The molecule has 0 amide bonds. The number of ether oxygens (including phenoxy) is 3. The van der Waals surface area contributed by atoms with Gasteiger partial charge in [0.1, 0.15) is 13.2 Å². The van der Waals surface area contributed by atoms with Gasteiger partial charge < -0.3 is 14.2 Å². The summed E-state index contributed by atoms with van der Waals surface area (Å²) in [7, 11) is 0. The Morgan fingerprint density at radius 3 is 0.950 bits per heavy atom. The van der Waals surface area contributed by atoms with E-state index in [1.54, 1.807) is 0 Å². The van der Waals surface area contributed by atoms with Crippen molar-refractivity contribution in [2.45, 2.75) is 304 Å². The molecule has 0 saturated heterocycles. The summed E-state index contributed by atoms with van der Waals surface area (Å²) in [4.78, 5) is 37.8. The minimum absolute atomic E-state index is 0.0639. The summed E-state index contributed by atoms with van der Waals surface area (Å²) < 4.78 is 16.8. The Morgan fingerprint density at radius 1 is 0.350 bits per heavy atom. The average molecular weight is 849 g/mol. The zero-order valence-electron chi connectivity index (χ0n) is 41.1. The Kier molecular flexibility index (Phi) is 45.7. The maximum atomic E-state index is 12.8. The van der Waals surface area contributed by atoms with Crippen molar-refractivity contribution in [1.29, 1.82) is 0 Å². The van der Waals surface area contributed by atoms with Crippen LogP contribution in [-0.2, 0) is 28.6 Å². The Balaban J connectivity index is 4.14. The molecule has 0 fully saturated rings. The van der Waals surface area contributed by atoms with Crippen LogP contribution in [0.4, 0.5) is 0 Å². The SMILES string of the molecule is CCCCCCCCCC(=O)OC[C@H](COC(=O)CCCCCCCCCCCCCCCCCCCCC(C)C)OC(=O)CCCCCCCCCCCCC(C)CC. The van der Waals surface area contributed by atoms with Crippen LogP contribution in [0.25, 0.3) is 0 Å². The number of unbranched alkanes of at least 4 members (excludes halogenated alkanes) is 32. The molecule has 0 bridgehead atoms. The monoisotopic (exact) mass is 849 g/mol. The van der Waals surface area contributed by atoms with Crippen molar-refractivity contribution < 1.29 is 28.6 Å². The molecular weight excluding hydrogens is 745 g/mol. The van der Waals surface area contributed by atoms with Crippen LogP contribution >= 0.6 is 0 Å². The van der Waals surface area contributed by atoms with Gasteiger partial charge in [-0.25, -0.2) is 0 Å². The van der Waals surface area contributed by atoms with Crippen LogP contribution in [0.5, 0.6) is 0 Å². The normalized spacial score (nSPS) is 12.5. The first-order valence-corrected chi connectivity index (χ1v) is 26.8. The maximum Gasteiger partial charge on any atom is 0.306 e. The second kappa shape index (κ2) is 46.9. The fourth-order valence-electron chi connectivity index (χ4n) is 8.13. The van der Waals surface area contributed by atoms with Crippen molar-refractivity contribution in [2.24, 2.45) is 11.8 Å². The molecule has 6 heteroatoms. The van der Waals surface area contributed by atoms with Gasteiger partial charge in [0.25, 0.3) is 0 Å². The minimum Gasteiger partial charge on any atom is -0.462 e. The summed E-state index contributed by atoms with van der Waals surface area (Å²) in [5.74, 6) is 0.873. The van der Waals surface area contributed by atoms with Gasteiger partial charge >= 0.3 is 17.9 Å². The molecule has 356 valence electrons. The van der Waals surface area contributed by atoms with Crippen LogP contribution in [0.1, 0.15) is 298 Å². The van der Waals surface area contributed by atoms with E-state index < -0.39 is 6.10 Å². The van der Waals surface area contributed by atoms with Gasteiger partial charge in [-0.3, -0.25) is 14.4 Å². The molecule has 0 radical (unpaired) electrons. The van der Waals surface area contributed by atoms with Gasteiger partial charge in [-0.2, -0.15) is 0 Å². The lowest BCUT2D eigenvalue weighted by molar-refractivity contribution is -0.167. The van der Waals surface area contributed by atoms with Gasteiger partial charge in [0.15, 0.2) is 6.10 Å². The number of rotatable bonds is 48. The molecule has 60 heavy (non-hydrogen) atoms.